The van der Waals surface area contributed by atoms with Crippen molar-refractivity contribution in [2.75, 3.05) is 7.05 Å². The average molecular weight is 285 g/mol. The summed E-state index contributed by atoms with van der Waals surface area (Å²) in [5, 5.41) is 21.8. The quantitative estimate of drug-likeness (QED) is 0.761. The molecule has 0 amide bonds. The summed E-state index contributed by atoms with van der Waals surface area (Å²) in [7, 11) is 1.63. The lowest BCUT2D eigenvalue weighted by Gasteiger charge is -2.13. The second kappa shape index (κ2) is 6.90. The molecule has 0 saturated carbocycles. The van der Waals surface area contributed by atoms with E-state index in [9.17, 15) is 9.90 Å². The van der Waals surface area contributed by atoms with Crippen LogP contribution in [0.5, 0.6) is 5.75 Å². The Morgan fingerprint density at radius 1 is 1.14 bits per heavy atom. The van der Waals surface area contributed by atoms with E-state index in [1.807, 2.05) is 36.4 Å². The summed E-state index contributed by atoms with van der Waals surface area (Å²) < 4.78 is 0. The van der Waals surface area contributed by atoms with E-state index in [0.717, 1.165) is 16.7 Å². The smallest absolute Gasteiger partial charge is 0.321 e. The lowest BCUT2D eigenvalue weighted by Crippen LogP contribution is -2.35. The second-order valence-electron chi connectivity index (χ2n) is 5.01. The highest BCUT2D eigenvalue weighted by atomic mass is 16.4. The van der Waals surface area contributed by atoms with Crippen molar-refractivity contribution < 1.29 is 15.0 Å². The molecule has 2 aromatic rings. The number of carboxylic acids is 1. The van der Waals surface area contributed by atoms with Crippen molar-refractivity contribution in [3.63, 3.8) is 0 Å². The fourth-order valence-corrected chi connectivity index (χ4v) is 2.27. The highest BCUT2D eigenvalue weighted by molar-refractivity contribution is 5.73. The number of carbonyl (C=O) groups is 1. The van der Waals surface area contributed by atoms with Gasteiger partial charge in [-0.1, -0.05) is 42.5 Å². The van der Waals surface area contributed by atoms with Crippen LogP contribution >= 0.6 is 0 Å². The molecule has 0 aromatic heterocycles. The van der Waals surface area contributed by atoms with Crippen LogP contribution in [0.3, 0.4) is 0 Å². The normalized spacial score (nSPS) is 12.0. The van der Waals surface area contributed by atoms with Crippen LogP contribution < -0.4 is 5.32 Å². The third-order valence-electron chi connectivity index (χ3n) is 3.47. The minimum absolute atomic E-state index is 0.235. The number of hydrogen-bond acceptors (Lipinski definition) is 3. The summed E-state index contributed by atoms with van der Waals surface area (Å²) in [6.07, 6.45) is 1.01. The van der Waals surface area contributed by atoms with Gasteiger partial charge < -0.3 is 15.5 Å². The SMILES string of the molecule is CN[C@@H](Cc1ccc(O)c(Cc2ccccc2)c1)C(=O)O. The fourth-order valence-electron chi connectivity index (χ4n) is 2.27. The highest BCUT2D eigenvalue weighted by Crippen LogP contribution is 2.22. The third kappa shape index (κ3) is 4.07. The molecule has 21 heavy (non-hydrogen) atoms. The fraction of sp³-hybridized carbons (Fsp3) is 0.235. The van der Waals surface area contributed by atoms with Gasteiger partial charge in [-0.2, -0.15) is 0 Å². The second-order valence-corrected chi connectivity index (χ2v) is 5.01. The van der Waals surface area contributed by atoms with Gasteiger partial charge in [-0.05, 0) is 36.2 Å². The number of rotatable bonds is 6. The van der Waals surface area contributed by atoms with E-state index < -0.39 is 12.0 Å². The van der Waals surface area contributed by atoms with E-state index >= 15 is 0 Å². The molecule has 4 heteroatoms. The van der Waals surface area contributed by atoms with Crippen molar-refractivity contribution in [1.29, 1.82) is 0 Å². The molecule has 0 aliphatic carbocycles. The van der Waals surface area contributed by atoms with Crippen LogP contribution in [-0.4, -0.2) is 29.3 Å². The van der Waals surface area contributed by atoms with Gasteiger partial charge in [-0.15, -0.1) is 0 Å². The van der Waals surface area contributed by atoms with Gasteiger partial charge in [0, 0.05) is 6.42 Å². The summed E-state index contributed by atoms with van der Waals surface area (Å²) in [5.74, 6) is -0.644. The minimum Gasteiger partial charge on any atom is -0.508 e. The van der Waals surface area contributed by atoms with Gasteiger partial charge in [-0.25, -0.2) is 0 Å². The average Bonchev–Trinajstić information content (AvgIpc) is 2.48. The van der Waals surface area contributed by atoms with Crippen LogP contribution in [0.4, 0.5) is 0 Å². The van der Waals surface area contributed by atoms with Crippen LogP contribution in [0.25, 0.3) is 0 Å². The first kappa shape index (κ1) is 15.1. The van der Waals surface area contributed by atoms with Crippen molar-refractivity contribution in [2.24, 2.45) is 0 Å². The molecule has 0 spiro atoms. The maximum atomic E-state index is 11.1. The van der Waals surface area contributed by atoms with Crippen LogP contribution in [0, 0.1) is 0 Å². The number of nitrogens with one attached hydrogen (secondary N) is 1. The van der Waals surface area contributed by atoms with Gasteiger partial charge in [-0.3, -0.25) is 4.79 Å². The number of hydrogen-bond donors (Lipinski definition) is 3. The summed E-state index contributed by atoms with van der Waals surface area (Å²) in [6, 6.07) is 14.5. The zero-order valence-corrected chi connectivity index (χ0v) is 11.9. The summed E-state index contributed by atoms with van der Waals surface area (Å²) in [5.41, 5.74) is 2.80. The molecule has 0 aliphatic heterocycles. The van der Waals surface area contributed by atoms with E-state index in [1.54, 1.807) is 19.2 Å². The van der Waals surface area contributed by atoms with Crippen LogP contribution in [0.2, 0.25) is 0 Å². The third-order valence-corrected chi connectivity index (χ3v) is 3.47. The van der Waals surface area contributed by atoms with Crippen molar-refractivity contribution in [2.45, 2.75) is 18.9 Å². The van der Waals surface area contributed by atoms with Crippen molar-refractivity contribution >= 4 is 5.97 Å². The van der Waals surface area contributed by atoms with E-state index in [-0.39, 0.29) is 5.75 Å². The molecule has 0 aliphatic rings. The zero-order valence-electron chi connectivity index (χ0n) is 11.9. The maximum absolute atomic E-state index is 11.1. The first-order chi connectivity index (χ1) is 10.1. The number of likely N-dealkylation sites (N-methyl/N-ethyl adjacent to an activating group) is 1. The Hall–Kier alpha value is -2.33. The zero-order chi connectivity index (χ0) is 15.2. The molecular weight excluding hydrogens is 266 g/mol. The van der Waals surface area contributed by atoms with Gasteiger partial charge >= 0.3 is 5.97 Å². The van der Waals surface area contributed by atoms with Gasteiger partial charge in [0.25, 0.3) is 0 Å². The summed E-state index contributed by atoms with van der Waals surface area (Å²) in [4.78, 5) is 11.1. The molecular formula is C17H19NO3. The van der Waals surface area contributed by atoms with Crippen molar-refractivity contribution in [1.82, 2.24) is 5.32 Å². The number of carboxylic acid groups (broad SMARTS) is 1. The number of benzene rings is 2. The molecule has 0 saturated heterocycles. The Balaban J connectivity index is 2.19. The van der Waals surface area contributed by atoms with Gasteiger partial charge in [0.05, 0.1) is 0 Å². The van der Waals surface area contributed by atoms with Gasteiger partial charge in [0.2, 0.25) is 0 Å². The highest BCUT2D eigenvalue weighted by Gasteiger charge is 2.16. The van der Waals surface area contributed by atoms with E-state index in [1.165, 1.54) is 0 Å². The molecule has 0 radical (unpaired) electrons. The van der Waals surface area contributed by atoms with Gasteiger partial charge in [0.15, 0.2) is 0 Å². The van der Waals surface area contributed by atoms with E-state index in [2.05, 4.69) is 5.32 Å². The molecule has 110 valence electrons. The van der Waals surface area contributed by atoms with Crippen molar-refractivity contribution in [3.05, 3.63) is 65.2 Å². The summed E-state index contributed by atoms with van der Waals surface area (Å²) in [6.45, 7) is 0. The first-order valence-electron chi connectivity index (χ1n) is 6.85. The molecule has 2 rings (SSSR count). The topological polar surface area (TPSA) is 69.6 Å². The Morgan fingerprint density at radius 2 is 1.86 bits per heavy atom. The van der Waals surface area contributed by atoms with Crippen LogP contribution in [0.15, 0.2) is 48.5 Å². The lowest BCUT2D eigenvalue weighted by molar-refractivity contribution is -0.139. The summed E-state index contributed by atoms with van der Waals surface area (Å²) >= 11 is 0. The van der Waals surface area contributed by atoms with Gasteiger partial charge in [0.1, 0.15) is 11.8 Å². The minimum atomic E-state index is -0.879. The largest absolute Gasteiger partial charge is 0.508 e. The lowest BCUT2D eigenvalue weighted by atomic mass is 9.98. The predicted octanol–water partition coefficient (Wildman–Crippen LogP) is 2.20. The molecule has 0 fully saturated rings. The molecule has 0 unspecified atom stereocenters. The molecule has 0 bridgehead atoms. The monoisotopic (exact) mass is 285 g/mol. The van der Waals surface area contributed by atoms with E-state index in [4.69, 9.17) is 5.11 Å². The number of phenols is 1. The number of aliphatic carboxylic acids is 1. The number of aromatic hydroxyl groups is 1. The predicted molar refractivity (Wildman–Crippen MR) is 81.5 cm³/mol. The molecule has 2 aromatic carbocycles. The Kier molecular flexibility index (Phi) is 4.95. The maximum Gasteiger partial charge on any atom is 0.321 e. The van der Waals surface area contributed by atoms with Crippen molar-refractivity contribution in [3.8, 4) is 5.75 Å². The Morgan fingerprint density at radius 3 is 2.48 bits per heavy atom. The first-order valence-corrected chi connectivity index (χ1v) is 6.85. The Labute approximate surface area is 124 Å². The molecule has 4 nitrogen and oxygen atoms in total. The molecule has 0 heterocycles. The van der Waals surface area contributed by atoms with E-state index in [0.29, 0.717) is 12.8 Å². The number of phenolic OH excluding ortho intramolecular Hbond substituents is 1. The molecule has 3 N–H and O–H groups in total. The Bertz CT molecular complexity index is 611. The van der Waals surface area contributed by atoms with Crippen LogP contribution in [0.1, 0.15) is 16.7 Å². The standard InChI is InChI=1S/C17H19NO3/c1-18-15(17(20)21)11-13-7-8-16(19)14(10-13)9-12-5-3-2-4-6-12/h2-8,10,15,18-19H,9,11H2,1H3,(H,20,21)/t15-/m0/s1. The van der Waals surface area contributed by atoms with Crippen LogP contribution in [-0.2, 0) is 17.6 Å². The molecule has 1 atom stereocenters.